The molecule has 0 aromatic heterocycles. The van der Waals surface area contributed by atoms with Crippen LogP contribution in [0.15, 0.2) is 194 Å². The van der Waals surface area contributed by atoms with E-state index in [1.54, 1.807) is 0 Å². The van der Waals surface area contributed by atoms with E-state index in [4.69, 9.17) is 23.1 Å². The highest BCUT2D eigenvalue weighted by Crippen LogP contribution is 2.42. The van der Waals surface area contributed by atoms with Gasteiger partial charge in [0.15, 0.2) is 0 Å². The van der Waals surface area contributed by atoms with Crippen molar-refractivity contribution in [1.82, 2.24) is 0 Å². The first-order valence-electron chi connectivity index (χ1n) is 24.9. The van der Waals surface area contributed by atoms with E-state index in [1.807, 2.05) is 6.07 Å². The second kappa shape index (κ2) is 23.7. The van der Waals surface area contributed by atoms with Crippen LogP contribution in [-0.4, -0.2) is 54.3 Å². The molecular formula is C61H76O5Si2. The minimum Gasteiger partial charge on any atom is -0.407 e. The summed E-state index contributed by atoms with van der Waals surface area (Å²) in [4.78, 5) is 0. The minimum absolute atomic E-state index is 0.101. The molecule has 0 aliphatic carbocycles. The molecule has 0 spiro atoms. The van der Waals surface area contributed by atoms with Crippen molar-refractivity contribution in [2.24, 2.45) is 5.92 Å². The van der Waals surface area contributed by atoms with Crippen LogP contribution in [0.25, 0.3) is 0 Å². The molecule has 1 aliphatic heterocycles. The lowest BCUT2D eigenvalue weighted by molar-refractivity contribution is -0.185. The summed E-state index contributed by atoms with van der Waals surface area (Å²) in [6, 6.07) is 64.8. The minimum atomic E-state index is -2.98. The Kier molecular flexibility index (Phi) is 17.9. The summed E-state index contributed by atoms with van der Waals surface area (Å²) in [7, 11) is -5.68. The maximum Gasteiger partial charge on any atom is 0.261 e. The molecule has 1 saturated heterocycles. The predicted octanol–water partition coefficient (Wildman–Crippen LogP) is 12.2. The van der Waals surface area contributed by atoms with Crippen molar-refractivity contribution in [3.63, 3.8) is 0 Å². The molecule has 7 heteroatoms. The summed E-state index contributed by atoms with van der Waals surface area (Å²) in [5, 5.41) is 4.82. The van der Waals surface area contributed by atoms with Gasteiger partial charge in [-0.05, 0) is 74.1 Å². The molecule has 1 aliphatic rings. The first-order valence-corrected chi connectivity index (χ1v) is 28.8. The largest absolute Gasteiger partial charge is 0.407 e. The van der Waals surface area contributed by atoms with Gasteiger partial charge in [-0.3, -0.25) is 0 Å². The predicted molar refractivity (Wildman–Crippen MR) is 287 cm³/mol. The van der Waals surface area contributed by atoms with Crippen molar-refractivity contribution >= 4 is 37.4 Å². The average Bonchev–Trinajstić information content (AvgIpc) is 3.34. The van der Waals surface area contributed by atoms with E-state index in [0.29, 0.717) is 26.4 Å². The van der Waals surface area contributed by atoms with Gasteiger partial charge in [-0.15, -0.1) is 0 Å². The molecule has 5 nitrogen and oxygen atoms in total. The Hall–Kier alpha value is -4.71. The molecule has 6 aromatic rings. The van der Waals surface area contributed by atoms with Gasteiger partial charge in [-0.2, -0.15) is 0 Å². The fourth-order valence-electron chi connectivity index (χ4n) is 10.4. The number of benzene rings is 6. The molecule has 7 rings (SSSR count). The monoisotopic (exact) mass is 945 g/mol. The van der Waals surface area contributed by atoms with Crippen LogP contribution in [0.1, 0.15) is 92.2 Å². The van der Waals surface area contributed by atoms with E-state index >= 15 is 0 Å². The van der Waals surface area contributed by atoms with Crippen molar-refractivity contribution in [3.05, 3.63) is 205 Å². The molecule has 1 heterocycles. The highest BCUT2D eigenvalue weighted by atomic mass is 28.4. The normalized spacial score (nSPS) is 18.9. The summed E-state index contributed by atoms with van der Waals surface area (Å²) in [5.41, 5.74) is 3.61. The van der Waals surface area contributed by atoms with E-state index in [9.17, 15) is 0 Å². The fourth-order valence-corrected chi connectivity index (χ4v) is 19.8. The highest BCUT2D eigenvalue weighted by Gasteiger charge is 2.54. The second-order valence-corrected chi connectivity index (χ2v) is 29.5. The Morgan fingerprint density at radius 3 is 1.46 bits per heavy atom. The lowest BCUT2D eigenvalue weighted by Gasteiger charge is -2.49. The first kappa shape index (κ1) is 51.2. The molecule has 1 fully saturated rings. The van der Waals surface area contributed by atoms with Gasteiger partial charge in [0.2, 0.25) is 0 Å². The van der Waals surface area contributed by atoms with Crippen LogP contribution in [0.3, 0.4) is 0 Å². The first-order chi connectivity index (χ1) is 32.8. The molecule has 0 bridgehead atoms. The fraction of sp³-hybridized carbons (Fsp3) is 0.377. The van der Waals surface area contributed by atoms with E-state index in [1.165, 1.54) is 31.9 Å². The summed E-state index contributed by atoms with van der Waals surface area (Å²) < 4.78 is 36.2. The van der Waals surface area contributed by atoms with Gasteiger partial charge in [0, 0.05) is 19.6 Å². The molecular weight excluding hydrogens is 869 g/mol. The van der Waals surface area contributed by atoms with Crippen LogP contribution in [0.5, 0.6) is 0 Å². The van der Waals surface area contributed by atoms with Crippen LogP contribution in [0.4, 0.5) is 0 Å². The van der Waals surface area contributed by atoms with Crippen LogP contribution < -0.4 is 20.7 Å². The van der Waals surface area contributed by atoms with Crippen molar-refractivity contribution in [3.8, 4) is 0 Å². The Morgan fingerprint density at radius 2 is 1.00 bits per heavy atom. The molecule has 0 saturated carbocycles. The Morgan fingerprint density at radius 1 is 0.574 bits per heavy atom. The second-order valence-electron chi connectivity index (χ2n) is 21.0. The van der Waals surface area contributed by atoms with Gasteiger partial charge in [0.25, 0.3) is 16.6 Å². The molecule has 0 radical (unpaired) electrons. The smallest absolute Gasteiger partial charge is 0.261 e. The van der Waals surface area contributed by atoms with Gasteiger partial charge >= 0.3 is 0 Å². The van der Waals surface area contributed by atoms with Crippen LogP contribution in [-0.2, 0) is 36.3 Å². The van der Waals surface area contributed by atoms with Gasteiger partial charge < -0.3 is 23.1 Å². The van der Waals surface area contributed by atoms with Crippen molar-refractivity contribution in [2.75, 3.05) is 13.2 Å². The lowest BCUT2D eigenvalue weighted by Crippen LogP contribution is -2.69. The molecule has 0 unspecified atom stereocenters. The summed E-state index contributed by atoms with van der Waals surface area (Å²) >= 11 is 0. The molecule has 0 amide bonds. The maximum absolute atomic E-state index is 8.05. The van der Waals surface area contributed by atoms with E-state index in [-0.39, 0.29) is 40.4 Å². The Labute approximate surface area is 411 Å². The van der Waals surface area contributed by atoms with Crippen molar-refractivity contribution in [1.29, 1.82) is 0 Å². The number of hydrogen-bond acceptors (Lipinski definition) is 5. The summed E-state index contributed by atoms with van der Waals surface area (Å²) in [6.45, 7) is 21.0. The van der Waals surface area contributed by atoms with E-state index in [0.717, 1.165) is 31.2 Å². The van der Waals surface area contributed by atoms with Crippen LogP contribution in [0.2, 0.25) is 10.1 Å². The Bertz CT molecular complexity index is 2320. The van der Waals surface area contributed by atoms with Gasteiger partial charge in [-0.25, -0.2) is 0 Å². The van der Waals surface area contributed by atoms with Crippen molar-refractivity contribution < 1.29 is 23.1 Å². The molecule has 358 valence electrons. The zero-order valence-electron chi connectivity index (χ0n) is 42.0. The number of rotatable bonds is 21. The van der Waals surface area contributed by atoms with Crippen LogP contribution >= 0.6 is 0 Å². The summed E-state index contributed by atoms with van der Waals surface area (Å²) in [5.74, 6) is 0.163. The topological polar surface area (TPSA) is 46.2 Å². The molecule has 5 atom stereocenters. The lowest BCUT2D eigenvalue weighted by atomic mass is 9.91. The van der Waals surface area contributed by atoms with Gasteiger partial charge in [-0.1, -0.05) is 242 Å². The maximum atomic E-state index is 8.05. The van der Waals surface area contributed by atoms with Crippen LogP contribution in [0, 0.1) is 5.92 Å². The highest BCUT2D eigenvalue weighted by molar-refractivity contribution is 7.00. The van der Waals surface area contributed by atoms with Gasteiger partial charge in [0.1, 0.15) is 0 Å². The summed E-state index contributed by atoms with van der Waals surface area (Å²) in [6.07, 6.45) is 4.81. The third kappa shape index (κ3) is 12.5. The molecule has 68 heavy (non-hydrogen) atoms. The third-order valence-electron chi connectivity index (χ3n) is 13.7. The van der Waals surface area contributed by atoms with Crippen molar-refractivity contribution in [2.45, 2.75) is 129 Å². The Balaban J connectivity index is 1.21. The third-order valence-corrected chi connectivity index (χ3v) is 23.7. The molecule has 0 N–H and O–H groups in total. The molecule has 6 aromatic carbocycles. The number of ether oxygens (including phenoxy) is 3. The SMILES string of the molecule is C/C(=C\[C@@H](C)CO[Si](c1ccccc1)(c1ccccc1)C(C)(C)C)C[C@H]1O[C@@H](CCCOCc2ccccc2)[C@H](OCc2ccccc2)C[C@@H]1O[Si](c1ccccc1)(c1ccccc1)C(C)(C)C. The zero-order chi connectivity index (χ0) is 48.0. The average molecular weight is 945 g/mol. The quantitative estimate of drug-likeness (QED) is 0.0409. The number of hydrogen-bond donors (Lipinski definition) is 0. The van der Waals surface area contributed by atoms with Gasteiger partial charge in [0.05, 0.1) is 37.6 Å². The standard InChI is InChI=1S/C61H76O5Si2/c1-48(42-49(2)45-64-67(60(3,4)5,52-32-19-11-20-33-52)53-34-21-12-22-35-53)43-58-59(66-68(61(6,7)8,54-36-23-13-24-37-54)55-38-25-14-26-39-55)44-57(63-47-51-30-17-10-18-31-51)56(65-58)40-27-41-62-46-50-28-15-9-16-29-50/h9-26,28-39,42,49,56-59H,27,40-41,43-47H2,1-8H3/b48-42+/t49-,56+,57-,58-,59+/m1/s1. The van der Waals surface area contributed by atoms with E-state index in [2.05, 4.69) is 237 Å². The zero-order valence-corrected chi connectivity index (χ0v) is 44.0. The van der Waals surface area contributed by atoms with E-state index < -0.39 is 16.6 Å².